The average molecular weight is 321 g/mol. The number of hydrogen-bond acceptors (Lipinski definition) is 4. The number of nitrogens with zero attached hydrogens (tertiary/aromatic N) is 2. The number of nitrogens with one attached hydrogen (secondary N) is 1. The molecule has 2 amide bonds. The van der Waals surface area contributed by atoms with Crippen LogP contribution in [0.5, 0.6) is 5.88 Å². The maximum Gasteiger partial charge on any atom is 0.317 e. The van der Waals surface area contributed by atoms with E-state index in [0.717, 1.165) is 5.56 Å². The maximum absolute atomic E-state index is 12.1. The molecule has 0 saturated carbocycles. The van der Waals surface area contributed by atoms with Gasteiger partial charge >= 0.3 is 12.0 Å². The highest BCUT2D eigenvalue weighted by molar-refractivity contribution is 5.79. The fourth-order valence-corrected chi connectivity index (χ4v) is 2.43. The summed E-state index contributed by atoms with van der Waals surface area (Å²) in [6.45, 7) is 6.54. The highest BCUT2D eigenvalue weighted by atomic mass is 16.5. The van der Waals surface area contributed by atoms with Crippen LogP contribution >= 0.6 is 0 Å². The second-order valence-corrected chi connectivity index (χ2v) is 6.37. The number of aromatic nitrogens is 1. The van der Waals surface area contributed by atoms with Gasteiger partial charge in [0.1, 0.15) is 0 Å². The van der Waals surface area contributed by atoms with E-state index in [9.17, 15) is 14.7 Å². The van der Waals surface area contributed by atoms with Gasteiger partial charge in [-0.3, -0.25) is 4.79 Å². The molecule has 1 fully saturated rings. The number of pyridine rings is 1. The van der Waals surface area contributed by atoms with Gasteiger partial charge in [-0.2, -0.15) is 0 Å². The van der Waals surface area contributed by atoms with E-state index in [1.165, 1.54) is 4.90 Å². The van der Waals surface area contributed by atoms with Crippen LogP contribution < -0.4 is 10.1 Å². The smallest absolute Gasteiger partial charge is 0.317 e. The van der Waals surface area contributed by atoms with Gasteiger partial charge in [0, 0.05) is 31.9 Å². The summed E-state index contributed by atoms with van der Waals surface area (Å²) in [5.74, 6) is -0.315. The molecule has 2 N–H and O–H groups in total. The minimum absolute atomic E-state index is 0.0618. The van der Waals surface area contributed by atoms with Gasteiger partial charge in [-0.05, 0) is 32.8 Å². The predicted octanol–water partition coefficient (Wildman–Crippen LogP) is 1.88. The van der Waals surface area contributed by atoms with Gasteiger partial charge in [0.15, 0.2) is 0 Å². The number of carboxylic acid groups (broad SMARTS) is 1. The van der Waals surface area contributed by atoms with Crippen LogP contribution in [-0.2, 0) is 11.3 Å². The van der Waals surface area contributed by atoms with Crippen LogP contribution in [0.3, 0.4) is 0 Å². The van der Waals surface area contributed by atoms with Crippen molar-refractivity contribution in [1.82, 2.24) is 15.2 Å². The molecule has 1 unspecified atom stereocenters. The lowest BCUT2D eigenvalue weighted by atomic mass is 9.90. The number of rotatable bonds is 5. The second kappa shape index (κ2) is 6.85. The number of ether oxygens (including phenoxy) is 1. The largest absolute Gasteiger partial charge is 0.481 e. The molecule has 1 saturated heterocycles. The Kier molecular flexibility index (Phi) is 5.08. The molecule has 7 heteroatoms. The van der Waals surface area contributed by atoms with Crippen molar-refractivity contribution in [2.75, 3.05) is 13.1 Å². The summed E-state index contributed by atoms with van der Waals surface area (Å²) in [5, 5.41) is 12.0. The van der Waals surface area contributed by atoms with Crippen molar-refractivity contribution < 1.29 is 19.4 Å². The van der Waals surface area contributed by atoms with Crippen molar-refractivity contribution in [3.63, 3.8) is 0 Å². The average Bonchev–Trinajstić information content (AvgIpc) is 2.90. The van der Waals surface area contributed by atoms with E-state index in [-0.39, 0.29) is 18.7 Å². The lowest BCUT2D eigenvalue weighted by Gasteiger charge is -2.20. The first-order valence-electron chi connectivity index (χ1n) is 7.68. The Morgan fingerprint density at radius 1 is 1.48 bits per heavy atom. The molecule has 1 aliphatic heterocycles. The molecule has 1 aromatic heterocycles. The monoisotopic (exact) mass is 321 g/mol. The third kappa shape index (κ3) is 4.34. The van der Waals surface area contributed by atoms with E-state index in [1.807, 2.05) is 19.9 Å². The molecule has 0 aliphatic carbocycles. The minimum Gasteiger partial charge on any atom is -0.481 e. The Bertz CT molecular complexity index is 573. The zero-order chi connectivity index (χ0) is 17.0. The van der Waals surface area contributed by atoms with Crippen LogP contribution in [0, 0.1) is 5.41 Å². The fraction of sp³-hybridized carbons (Fsp3) is 0.562. The summed E-state index contributed by atoms with van der Waals surface area (Å²) in [6.07, 6.45) is 2.19. The molecular formula is C16H23N3O4. The Balaban J connectivity index is 1.84. The molecule has 2 rings (SSSR count). The topological polar surface area (TPSA) is 91.8 Å². The number of likely N-dealkylation sites (tertiary alicyclic amines) is 1. The molecule has 7 nitrogen and oxygen atoms in total. The van der Waals surface area contributed by atoms with Crippen LogP contribution in [0.2, 0.25) is 0 Å². The first-order valence-corrected chi connectivity index (χ1v) is 7.68. The molecule has 1 aliphatic rings. The molecule has 23 heavy (non-hydrogen) atoms. The Morgan fingerprint density at radius 3 is 2.74 bits per heavy atom. The first-order chi connectivity index (χ1) is 10.8. The second-order valence-electron chi connectivity index (χ2n) is 6.37. The van der Waals surface area contributed by atoms with E-state index in [0.29, 0.717) is 25.4 Å². The van der Waals surface area contributed by atoms with Crippen LogP contribution in [0.25, 0.3) is 0 Å². The number of aliphatic carboxylic acids is 1. The molecule has 1 aromatic rings. The number of urea groups is 1. The van der Waals surface area contributed by atoms with Crippen molar-refractivity contribution >= 4 is 12.0 Å². The van der Waals surface area contributed by atoms with Gasteiger partial charge in [0.25, 0.3) is 0 Å². The van der Waals surface area contributed by atoms with Crippen molar-refractivity contribution in [2.45, 2.75) is 39.8 Å². The van der Waals surface area contributed by atoms with Crippen molar-refractivity contribution in [3.8, 4) is 5.88 Å². The Labute approximate surface area is 135 Å². The number of carboxylic acids is 1. The Hall–Kier alpha value is -2.31. The van der Waals surface area contributed by atoms with Gasteiger partial charge < -0.3 is 20.1 Å². The number of amides is 2. The molecule has 0 radical (unpaired) electrons. The maximum atomic E-state index is 12.1. The van der Waals surface area contributed by atoms with E-state index < -0.39 is 11.4 Å². The van der Waals surface area contributed by atoms with Gasteiger partial charge in [0.2, 0.25) is 5.88 Å². The van der Waals surface area contributed by atoms with Crippen LogP contribution in [0.4, 0.5) is 4.79 Å². The molecular weight excluding hydrogens is 298 g/mol. The highest BCUT2D eigenvalue weighted by Crippen LogP contribution is 2.29. The molecule has 0 aromatic carbocycles. The lowest BCUT2D eigenvalue weighted by Crippen LogP contribution is -2.40. The normalized spacial score (nSPS) is 20.6. The highest BCUT2D eigenvalue weighted by Gasteiger charge is 2.42. The number of carbonyl (C=O) groups excluding carboxylic acids is 1. The number of carbonyl (C=O) groups is 2. The van der Waals surface area contributed by atoms with Crippen molar-refractivity contribution in [1.29, 1.82) is 0 Å². The van der Waals surface area contributed by atoms with Crippen LogP contribution in [0.1, 0.15) is 32.8 Å². The van der Waals surface area contributed by atoms with E-state index in [1.54, 1.807) is 19.2 Å². The third-order valence-corrected chi connectivity index (χ3v) is 3.87. The van der Waals surface area contributed by atoms with E-state index >= 15 is 0 Å². The summed E-state index contributed by atoms with van der Waals surface area (Å²) in [5.41, 5.74) is 0.00371. The van der Waals surface area contributed by atoms with Crippen molar-refractivity contribution in [2.24, 2.45) is 5.41 Å². The third-order valence-electron chi connectivity index (χ3n) is 3.87. The molecule has 126 valence electrons. The van der Waals surface area contributed by atoms with E-state index in [2.05, 4.69) is 10.3 Å². The molecule has 2 heterocycles. The molecule has 0 spiro atoms. The molecule has 1 atom stereocenters. The summed E-state index contributed by atoms with van der Waals surface area (Å²) < 4.78 is 5.46. The van der Waals surface area contributed by atoms with Gasteiger partial charge in [-0.25, -0.2) is 9.78 Å². The van der Waals surface area contributed by atoms with Gasteiger partial charge in [-0.1, -0.05) is 6.07 Å². The summed E-state index contributed by atoms with van der Waals surface area (Å²) in [6, 6.07) is 3.35. The summed E-state index contributed by atoms with van der Waals surface area (Å²) in [4.78, 5) is 29.0. The zero-order valence-electron chi connectivity index (χ0n) is 13.7. The SMILES string of the molecule is CC(C)Oc1ccc(CNC(=O)N2CCC(C)(C(=O)O)C2)cn1. The minimum atomic E-state index is -0.863. The Morgan fingerprint density at radius 2 is 2.22 bits per heavy atom. The lowest BCUT2D eigenvalue weighted by molar-refractivity contribution is -0.147. The summed E-state index contributed by atoms with van der Waals surface area (Å²) in [7, 11) is 0. The standard InChI is InChI=1S/C16H23N3O4/c1-11(2)23-13-5-4-12(8-17-13)9-18-15(22)19-7-6-16(3,10-19)14(20)21/h4-5,8,11H,6-7,9-10H2,1-3H3,(H,18,22)(H,20,21). The summed E-state index contributed by atoms with van der Waals surface area (Å²) >= 11 is 0. The first kappa shape index (κ1) is 17.1. The quantitative estimate of drug-likeness (QED) is 0.864. The predicted molar refractivity (Wildman–Crippen MR) is 84.2 cm³/mol. The van der Waals surface area contributed by atoms with E-state index in [4.69, 9.17) is 4.74 Å². The number of hydrogen-bond donors (Lipinski definition) is 2. The zero-order valence-corrected chi connectivity index (χ0v) is 13.7. The van der Waals surface area contributed by atoms with Crippen LogP contribution in [-0.4, -0.2) is 46.2 Å². The van der Waals surface area contributed by atoms with Crippen molar-refractivity contribution in [3.05, 3.63) is 23.9 Å². The van der Waals surface area contributed by atoms with Crippen LogP contribution in [0.15, 0.2) is 18.3 Å². The van der Waals surface area contributed by atoms with Gasteiger partial charge in [0.05, 0.1) is 11.5 Å². The van der Waals surface area contributed by atoms with Gasteiger partial charge in [-0.15, -0.1) is 0 Å². The fourth-order valence-electron chi connectivity index (χ4n) is 2.43. The molecule has 0 bridgehead atoms.